The Kier molecular flexibility index (Phi) is 1.44. The van der Waals surface area contributed by atoms with Gasteiger partial charge in [0.1, 0.15) is 5.78 Å². The third-order valence-electron chi connectivity index (χ3n) is 2.63. The van der Waals surface area contributed by atoms with Crippen LogP contribution >= 0.6 is 0 Å². The van der Waals surface area contributed by atoms with E-state index in [0.717, 1.165) is 25.9 Å². The molecule has 3 aliphatic heterocycles. The lowest BCUT2D eigenvalue weighted by Gasteiger charge is -2.25. The zero-order valence-corrected chi connectivity index (χ0v) is 6.38. The van der Waals surface area contributed by atoms with Crippen LogP contribution in [0.5, 0.6) is 0 Å². The Morgan fingerprint density at radius 2 is 1.82 bits per heavy atom. The van der Waals surface area contributed by atoms with E-state index in [4.69, 9.17) is 0 Å². The van der Waals surface area contributed by atoms with E-state index in [1.54, 1.807) is 4.90 Å². The van der Waals surface area contributed by atoms with E-state index in [-0.39, 0.29) is 24.0 Å². The average Bonchev–Trinajstić information content (AvgIpc) is 2.22. The van der Waals surface area contributed by atoms with Gasteiger partial charge in [0.05, 0.1) is 6.42 Å². The van der Waals surface area contributed by atoms with Crippen molar-refractivity contribution in [3.63, 3.8) is 0 Å². The van der Waals surface area contributed by atoms with Gasteiger partial charge in [-0.05, 0) is 12.8 Å². The highest BCUT2D eigenvalue weighted by Gasteiger charge is 2.33. The Hall–Kier alpha value is -0.860. The van der Waals surface area contributed by atoms with Gasteiger partial charge >= 0.3 is 0 Å². The number of amides is 1. The Balaban J connectivity index is 2.25. The van der Waals surface area contributed by atoms with Gasteiger partial charge in [0, 0.05) is 19.0 Å². The Labute approximate surface area is 65.4 Å². The van der Waals surface area contributed by atoms with Gasteiger partial charge in [-0.25, -0.2) is 0 Å². The Morgan fingerprint density at radius 3 is 2.45 bits per heavy atom. The number of piperidine rings is 1. The topological polar surface area (TPSA) is 37.4 Å². The molecule has 3 saturated heterocycles. The summed E-state index contributed by atoms with van der Waals surface area (Å²) in [4.78, 5) is 24.2. The molecule has 0 aromatic rings. The lowest BCUT2D eigenvalue weighted by Crippen LogP contribution is -2.34. The fourth-order valence-electron chi connectivity index (χ4n) is 1.86. The SMILES string of the molecule is O=C1CC(=O)N2CCC1CC2. The standard InChI is InChI=1S/C8H11NO2/c10-7-5-8(11)9-3-1-6(7)2-4-9/h6H,1-5H2. The van der Waals surface area contributed by atoms with Crippen molar-refractivity contribution in [1.82, 2.24) is 4.90 Å². The molecule has 60 valence electrons. The van der Waals surface area contributed by atoms with Crippen molar-refractivity contribution < 1.29 is 9.59 Å². The van der Waals surface area contributed by atoms with Crippen molar-refractivity contribution in [3.05, 3.63) is 0 Å². The van der Waals surface area contributed by atoms with Crippen LogP contribution in [-0.4, -0.2) is 29.7 Å². The van der Waals surface area contributed by atoms with Crippen LogP contribution < -0.4 is 0 Å². The molecule has 0 atom stereocenters. The zero-order chi connectivity index (χ0) is 7.84. The highest BCUT2D eigenvalue weighted by molar-refractivity contribution is 6.00. The molecule has 1 amide bonds. The minimum Gasteiger partial charge on any atom is -0.342 e. The Morgan fingerprint density at radius 1 is 1.18 bits per heavy atom. The fraction of sp³-hybridized carbons (Fsp3) is 0.750. The van der Waals surface area contributed by atoms with Crippen molar-refractivity contribution in [2.75, 3.05) is 13.1 Å². The second-order valence-corrected chi connectivity index (χ2v) is 3.30. The molecule has 0 radical (unpaired) electrons. The minimum absolute atomic E-state index is 0.0370. The highest BCUT2D eigenvalue weighted by atomic mass is 16.2. The van der Waals surface area contributed by atoms with Crippen molar-refractivity contribution in [2.24, 2.45) is 5.92 Å². The van der Waals surface area contributed by atoms with E-state index in [1.807, 2.05) is 0 Å². The van der Waals surface area contributed by atoms with Crippen molar-refractivity contribution in [3.8, 4) is 0 Å². The van der Waals surface area contributed by atoms with E-state index in [2.05, 4.69) is 0 Å². The third kappa shape index (κ3) is 1.04. The van der Waals surface area contributed by atoms with Gasteiger partial charge in [-0.15, -0.1) is 0 Å². The maximum absolute atomic E-state index is 11.2. The summed E-state index contributed by atoms with van der Waals surface area (Å²) in [6.07, 6.45) is 1.94. The molecule has 0 aromatic carbocycles. The number of Topliss-reactive ketones (excluding diaryl/α,β-unsaturated/α-hetero) is 1. The molecule has 0 N–H and O–H groups in total. The summed E-state index contributed by atoms with van der Waals surface area (Å²) in [7, 11) is 0. The first-order valence-corrected chi connectivity index (χ1v) is 4.08. The molecular weight excluding hydrogens is 142 g/mol. The molecule has 0 aromatic heterocycles. The van der Waals surface area contributed by atoms with E-state index in [9.17, 15) is 9.59 Å². The number of ketones is 1. The number of carbonyl (C=O) groups is 2. The lowest BCUT2D eigenvalue weighted by atomic mass is 9.94. The number of carbonyl (C=O) groups excluding carboxylic acids is 2. The van der Waals surface area contributed by atoms with E-state index in [1.165, 1.54) is 0 Å². The molecule has 0 aliphatic carbocycles. The van der Waals surface area contributed by atoms with Gasteiger partial charge in [0.2, 0.25) is 5.91 Å². The number of nitrogens with zero attached hydrogens (tertiary/aromatic N) is 1. The summed E-state index contributed by atoms with van der Waals surface area (Å²) in [5, 5.41) is 0. The van der Waals surface area contributed by atoms with Gasteiger partial charge < -0.3 is 4.90 Å². The molecule has 3 heterocycles. The normalized spacial score (nSPS) is 26.0. The van der Waals surface area contributed by atoms with Crippen LogP contribution in [-0.2, 0) is 9.59 Å². The Bertz CT molecular complexity index is 182. The molecule has 0 unspecified atom stereocenters. The largest absolute Gasteiger partial charge is 0.342 e. The molecule has 0 saturated carbocycles. The third-order valence-corrected chi connectivity index (χ3v) is 2.63. The predicted molar refractivity (Wildman–Crippen MR) is 38.9 cm³/mol. The predicted octanol–water partition coefficient (Wildman–Crippen LogP) is 0.198. The van der Waals surface area contributed by atoms with Gasteiger partial charge in [0.25, 0.3) is 0 Å². The van der Waals surface area contributed by atoms with Gasteiger partial charge in [0.15, 0.2) is 0 Å². The monoisotopic (exact) mass is 153 g/mol. The lowest BCUT2D eigenvalue weighted by molar-refractivity contribution is -0.132. The van der Waals surface area contributed by atoms with E-state index in [0.29, 0.717) is 0 Å². The first kappa shape index (κ1) is 6.83. The summed E-state index contributed by atoms with van der Waals surface area (Å²) < 4.78 is 0. The van der Waals surface area contributed by atoms with Gasteiger partial charge in [-0.2, -0.15) is 0 Å². The molecule has 3 nitrogen and oxygen atoms in total. The second-order valence-electron chi connectivity index (χ2n) is 3.30. The first-order valence-electron chi connectivity index (χ1n) is 4.08. The van der Waals surface area contributed by atoms with E-state index < -0.39 is 0 Å². The average molecular weight is 153 g/mol. The molecule has 2 bridgehead atoms. The van der Waals surface area contributed by atoms with Crippen LogP contribution in [0.4, 0.5) is 0 Å². The zero-order valence-electron chi connectivity index (χ0n) is 6.38. The first-order chi connectivity index (χ1) is 5.27. The second kappa shape index (κ2) is 2.32. The maximum Gasteiger partial charge on any atom is 0.230 e. The minimum atomic E-state index is 0.0370. The van der Waals surface area contributed by atoms with Crippen LogP contribution in [0, 0.1) is 5.92 Å². The van der Waals surface area contributed by atoms with E-state index >= 15 is 0 Å². The number of fused-ring (bicyclic) bond motifs is 4. The van der Waals surface area contributed by atoms with Gasteiger partial charge in [-0.3, -0.25) is 9.59 Å². The summed E-state index contributed by atoms with van der Waals surface area (Å²) >= 11 is 0. The van der Waals surface area contributed by atoms with Crippen molar-refractivity contribution in [1.29, 1.82) is 0 Å². The summed E-state index contributed by atoms with van der Waals surface area (Å²) in [5.74, 6) is 0.391. The fourth-order valence-corrected chi connectivity index (χ4v) is 1.86. The summed E-state index contributed by atoms with van der Waals surface area (Å²) in [5.41, 5.74) is 0. The van der Waals surface area contributed by atoms with Crippen LogP contribution in [0.2, 0.25) is 0 Å². The van der Waals surface area contributed by atoms with Crippen LogP contribution in [0.3, 0.4) is 0 Å². The highest BCUT2D eigenvalue weighted by Crippen LogP contribution is 2.24. The number of hydrogen-bond acceptors (Lipinski definition) is 2. The molecular formula is C8H11NO2. The molecule has 3 heteroatoms. The summed E-state index contributed by atoms with van der Waals surface area (Å²) in [6.45, 7) is 1.60. The smallest absolute Gasteiger partial charge is 0.230 e. The molecule has 0 spiro atoms. The molecule has 3 aliphatic rings. The number of rotatable bonds is 0. The summed E-state index contributed by atoms with van der Waals surface area (Å²) in [6, 6.07) is 0. The molecule has 3 fully saturated rings. The van der Waals surface area contributed by atoms with Gasteiger partial charge in [-0.1, -0.05) is 0 Å². The van der Waals surface area contributed by atoms with Crippen LogP contribution in [0.25, 0.3) is 0 Å². The van der Waals surface area contributed by atoms with Crippen molar-refractivity contribution >= 4 is 11.7 Å². The number of hydrogen-bond donors (Lipinski definition) is 0. The van der Waals surface area contributed by atoms with Crippen molar-refractivity contribution in [2.45, 2.75) is 19.3 Å². The maximum atomic E-state index is 11.2. The molecule has 11 heavy (non-hydrogen) atoms. The van der Waals surface area contributed by atoms with Crippen LogP contribution in [0.15, 0.2) is 0 Å². The van der Waals surface area contributed by atoms with Crippen LogP contribution in [0.1, 0.15) is 19.3 Å². The quantitative estimate of drug-likeness (QED) is 0.466. The molecule has 3 rings (SSSR count).